The molecule has 0 bridgehead atoms. The van der Waals surface area contributed by atoms with E-state index in [4.69, 9.17) is 0 Å². The van der Waals surface area contributed by atoms with Gasteiger partial charge < -0.3 is 10.0 Å². The second-order valence-electron chi connectivity index (χ2n) is 5.69. The van der Waals surface area contributed by atoms with Crippen LogP contribution in [0.4, 0.5) is 5.82 Å². The fourth-order valence-electron chi connectivity index (χ4n) is 3.02. The highest BCUT2D eigenvalue weighted by atomic mass is 79.9. The molecule has 1 aromatic heterocycles. The van der Waals surface area contributed by atoms with Crippen molar-refractivity contribution in [2.45, 2.75) is 38.6 Å². The summed E-state index contributed by atoms with van der Waals surface area (Å²) in [6, 6.07) is 7.81. The van der Waals surface area contributed by atoms with Gasteiger partial charge in [-0.15, -0.1) is 15.0 Å². The molecule has 1 atom stereocenters. The van der Waals surface area contributed by atoms with E-state index >= 15 is 0 Å². The fraction of sp³-hybridized carbons (Fsp3) is 0.438. The van der Waals surface area contributed by atoms with E-state index in [-0.39, 0.29) is 5.69 Å². The lowest BCUT2D eigenvalue weighted by Crippen LogP contribution is -2.40. The molecule has 0 saturated carbocycles. The first kappa shape index (κ1) is 16.0. The van der Waals surface area contributed by atoms with Gasteiger partial charge in [-0.05, 0) is 49.9 Å². The molecule has 0 aliphatic carbocycles. The Labute approximate surface area is 143 Å². The topological polar surface area (TPSA) is 71.2 Å². The molecule has 0 amide bonds. The quantitative estimate of drug-likeness (QED) is 0.881. The molecular weight excluding hydrogens is 360 g/mol. The van der Waals surface area contributed by atoms with Gasteiger partial charge in [0.2, 0.25) is 5.69 Å². The molecule has 1 aliphatic rings. The lowest BCUT2D eigenvalue weighted by molar-refractivity contribution is 0.0690. The third kappa shape index (κ3) is 3.24. The second kappa shape index (κ2) is 6.70. The molecule has 3 rings (SSSR count). The van der Waals surface area contributed by atoms with Gasteiger partial charge in [0, 0.05) is 17.1 Å². The number of anilines is 1. The second-order valence-corrected chi connectivity index (χ2v) is 6.61. The van der Waals surface area contributed by atoms with Crippen molar-refractivity contribution < 1.29 is 9.90 Å². The van der Waals surface area contributed by atoms with Crippen molar-refractivity contribution >= 4 is 27.7 Å². The van der Waals surface area contributed by atoms with Crippen LogP contribution in [-0.4, -0.2) is 38.7 Å². The molecule has 1 fully saturated rings. The van der Waals surface area contributed by atoms with Crippen molar-refractivity contribution in [3.05, 3.63) is 34.4 Å². The number of aromatic nitrogens is 3. The summed E-state index contributed by atoms with van der Waals surface area (Å²) in [6.07, 6.45) is 4.28. The zero-order chi connectivity index (χ0) is 16.4. The zero-order valence-electron chi connectivity index (χ0n) is 12.9. The SMILES string of the molecule is CC[C@@H]1CCCCN1c1nn(-c2ccc(Br)cc2)nc1C(=O)O. The van der Waals surface area contributed by atoms with Gasteiger partial charge >= 0.3 is 5.97 Å². The minimum atomic E-state index is -1.04. The Hall–Kier alpha value is -1.89. The Balaban J connectivity index is 2.02. The summed E-state index contributed by atoms with van der Waals surface area (Å²) in [6.45, 7) is 2.96. The van der Waals surface area contributed by atoms with Crippen molar-refractivity contribution in [3.63, 3.8) is 0 Å². The lowest BCUT2D eigenvalue weighted by atomic mass is 10.00. The van der Waals surface area contributed by atoms with Crippen LogP contribution in [0.5, 0.6) is 0 Å². The van der Waals surface area contributed by atoms with Gasteiger partial charge in [0.1, 0.15) is 0 Å². The van der Waals surface area contributed by atoms with E-state index in [1.807, 2.05) is 24.3 Å². The minimum absolute atomic E-state index is 0.0215. The number of halogens is 1. The van der Waals surface area contributed by atoms with Gasteiger partial charge in [0.15, 0.2) is 5.82 Å². The number of benzene rings is 1. The molecule has 1 N–H and O–H groups in total. The van der Waals surface area contributed by atoms with E-state index < -0.39 is 5.97 Å². The van der Waals surface area contributed by atoms with Crippen molar-refractivity contribution in [3.8, 4) is 5.69 Å². The monoisotopic (exact) mass is 378 g/mol. The number of hydrogen-bond acceptors (Lipinski definition) is 4. The van der Waals surface area contributed by atoms with Crippen LogP contribution in [0.2, 0.25) is 0 Å². The first-order valence-corrected chi connectivity index (χ1v) is 8.62. The Kier molecular flexibility index (Phi) is 4.66. The van der Waals surface area contributed by atoms with Gasteiger partial charge in [0.25, 0.3) is 0 Å². The first-order chi connectivity index (χ1) is 11.1. The van der Waals surface area contributed by atoms with Crippen LogP contribution < -0.4 is 4.90 Å². The Morgan fingerprint density at radius 2 is 2.04 bits per heavy atom. The molecule has 7 heteroatoms. The molecule has 1 aliphatic heterocycles. The van der Waals surface area contributed by atoms with E-state index in [0.717, 1.165) is 36.0 Å². The Bertz CT molecular complexity index is 699. The number of piperidine rings is 1. The minimum Gasteiger partial charge on any atom is -0.476 e. The Morgan fingerprint density at radius 3 is 2.70 bits per heavy atom. The van der Waals surface area contributed by atoms with Crippen molar-refractivity contribution in [2.24, 2.45) is 0 Å². The van der Waals surface area contributed by atoms with Crippen LogP contribution in [0.15, 0.2) is 28.7 Å². The highest BCUT2D eigenvalue weighted by Gasteiger charge is 2.29. The van der Waals surface area contributed by atoms with Gasteiger partial charge in [-0.3, -0.25) is 0 Å². The molecule has 0 unspecified atom stereocenters. The summed E-state index contributed by atoms with van der Waals surface area (Å²) in [5, 5.41) is 18.2. The largest absolute Gasteiger partial charge is 0.476 e. The number of aromatic carboxylic acids is 1. The van der Waals surface area contributed by atoms with Crippen LogP contribution in [0.25, 0.3) is 5.69 Å². The molecular formula is C16H19BrN4O2. The summed E-state index contributed by atoms with van der Waals surface area (Å²) in [5.41, 5.74) is 0.764. The molecule has 1 aromatic carbocycles. The maximum atomic E-state index is 11.6. The number of carboxylic acids is 1. The van der Waals surface area contributed by atoms with Crippen molar-refractivity contribution in [1.29, 1.82) is 0 Å². The number of carbonyl (C=O) groups is 1. The standard InChI is InChI=1S/C16H19BrN4O2/c1-2-12-5-3-4-10-20(12)15-14(16(22)23)18-21(19-15)13-8-6-11(17)7-9-13/h6-9,12H,2-5,10H2,1H3,(H,22,23)/t12-/m1/s1. The lowest BCUT2D eigenvalue weighted by Gasteiger charge is -2.35. The zero-order valence-corrected chi connectivity index (χ0v) is 14.5. The average Bonchev–Trinajstić information content (AvgIpc) is 3.01. The summed E-state index contributed by atoms with van der Waals surface area (Å²) >= 11 is 3.39. The van der Waals surface area contributed by atoms with E-state index in [9.17, 15) is 9.90 Å². The molecule has 1 saturated heterocycles. The number of rotatable bonds is 4. The number of nitrogens with zero attached hydrogens (tertiary/aromatic N) is 4. The molecule has 2 heterocycles. The number of carboxylic acid groups (broad SMARTS) is 1. The predicted molar refractivity (Wildman–Crippen MR) is 91.3 cm³/mol. The third-order valence-corrected chi connectivity index (χ3v) is 4.76. The first-order valence-electron chi connectivity index (χ1n) is 7.83. The van der Waals surface area contributed by atoms with Crippen LogP contribution in [0.3, 0.4) is 0 Å². The van der Waals surface area contributed by atoms with E-state index in [1.165, 1.54) is 11.2 Å². The highest BCUT2D eigenvalue weighted by molar-refractivity contribution is 9.10. The van der Waals surface area contributed by atoms with Crippen LogP contribution >= 0.6 is 15.9 Å². The molecule has 0 spiro atoms. The Morgan fingerprint density at radius 1 is 1.30 bits per heavy atom. The molecule has 122 valence electrons. The van der Waals surface area contributed by atoms with Crippen molar-refractivity contribution in [1.82, 2.24) is 15.0 Å². The summed E-state index contributed by atoms with van der Waals surface area (Å²) < 4.78 is 0.953. The van der Waals surface area contributed by atoms with Gasteiger partial charge in [-0.1, -0.05) is 22.9 Å². The van der Waals surface area contributed by atoms with E-state index in [2.05, 4.69) is 38.0 Å². The van der Waals surface area contributed by atoms with Crippen LogP contribution in [-0.2, 0) is 0 Å². The van der Waals surface area contributed by atoms with Gasteiger partial charge in [0.05, 0.1) is 5.69 Å². The summed E-state index contributed by atoms with van der Waals surface area (Å²) in [4.78, 5) is 15.1. The van der Waals surface area contributed by atoms with Gasteiger partial charge in [-0.2, -0.15) is 0 Å². The summed E-state index contributed by atoms with van der Waals surface area (Å²) in [7, 11) is 0. The third-order valence-electron chi connectivity index (χ3n) is 4.23. The average molecular weight is 379 g/mol. The molecule has 0 radical (unpaired) electrons. The maximum absolute atomic E-state index is 11.6. The van der Waals surface area contributed by atoms with Gasteiger partial charge in [-0.25, -0.2) is 4.79 Å². The molecule has 6 nitrogen and oxygen atoms in total. The maximum Gasteiger partial charge on any atom is 0.360 e. The fourth-order valence-corrected chi connectivity index (χ4v) is 3.29. The summed E-state index contributed by atoms with van der Waals surface area (Å²) in [5.74, 6) is -0.559. The predicted octanol–water partition coefficient (Wildman–Crippen LogP) is 3.50. The van der Waals surface area contributed by atoms with E-state index in [1.54, 1.807) is 0 Å². The molecule has 23 heavy (non-hydrogen) atoms. The number of hydrogen-bond donors (Lipinski definition) is 1. The highest BCUT2D eigenvalue weighted by Crippen LogP contribution is 2.28. The molecule has 2 aromatic rings. The van der Waals surface area contributed by atoms with Crippen LogP contribution in [0.1, 0.15) is 43.1 Å². The van der Waals surface area contributed by atoms with Crippen molar-refractivity contribution in [2.75, 3.05) is 11.4 Å². The normalized spacial score (nSPS) is 18.2. The van der Waals surface area contributed by atoms with Crippen LogP contribution in [0, 0.1) is 0 Å². The smallest absolute Gasteiger partial charge is 0.360 e. The van der Waals surface area contributed by atoms with E-state index in [0.29, 0.717) is 11.9 Å².